The number of carbonyl (C=O) groups is 1. The Morgan fingerprint density at radius 3 is 2.94 bits per heavy atom. The van der Waals surface area contributed by atoms with Gasteiger partial charge >= 0.3 is 0 Å². The molecule has 1 fully saturated rings. The van der Waals surface area contributed by atoms with Crippen molar-refractivity contribution in [3.63, 3.8) is 0 Å². The van der Waals surface area contributed by atoms with Gasteiger partial charge in [-0.15, -0.1) is 0 Å². The summed E-state index contributed by atoms with van der Waals surface area (Å²) in [5.41, 5.74) is 2.78. The largest absolute Gasteiger partial charge is 0.359 e. The third kappa shape index (κ3) is 3.86. The molecule has 1 aliphatic rings. The Morgan fingerprint density at radius 2 is 2.24 bits per heavy atom. The van der Waals surface area contributed by atoms with Crippen molar-refractivity contribution in [2.24, 2.45) is 0 Å². The minimum Gasteiger partial charge on any atom is -0.359 e. The van der Waals surface area contributed by atoms with Gasteiger partial charge in [-0.2, -0.15) is 0 Å². The first-order chi connectivity index (χ1) is 8.29. The first-order valence-corrected chi connectivity index (χ1v) is 6.29. The molecule has 92 valence electrons. The normalized spacial score (nSPS) is 14.6. The zero-order chi connectivity index (χ0) is 12.1. The van der Waals surface area contributed by atoms with E-state index in [9.17, 15) is 4.79 Å². The Hall–Kier alpha value is -1.35. The molecule has 1 aliphatic carbocycles. The van der Waals surface area contributed by atoms with Crippen molar-refractivity contribution in [2.75, 3.05) is 13.6 Å². The minimum atomic E-state index is 0.0873. The van der Waals surface area contributed by atoms with Crippen molar-refractivity contribution in [3.8, 4) is 0 Å². The third-order valence-electron chi connectivity index (χ3n) is 3.14. The zero-order valence-electron chi connectivity index (χ0n) is 10.3. The van der Waals surface area contributed by atoms with Crippen LogP contribution < -0.4 is 10.6 Å². The van der Waals surface area contributed by atoms with Crippen LogP contribution in [0.25, 0.3) is 0 Å². The van der Waals surface area contributed by atoms with E-state index in [0.717, 1.165) is 19.0 Å². The Balaban J connectivity index is 1.74. The maximum absolute atomic E-state index is 11.0. The first kappa shape index (κ1) is 12.1. The van der Waals surface area contributed by atoms with Crippen LogP contribution in [0.5, 0.6) is 0 Å². The number of hydrogen-bond donors (Lipinski definition) is 2. The van der Waals surface area contributed by atoms with E-state index in [0.29, 0.717) is 6.42 Å². The van der Waals surface area contributed by atoms with E-state index in [-0.39, 0.29) is 5.91 Å². The standard InChI is InChI=1S/C14H20N2O/c1-15-14(17)7-8-16-10-11-3-2-4-13(9-11)12-5-6-12/h2-4,9,12,16H,5-8,10H2,1H3,(H,15,17). The van der Waals surface area contributed by atoms with Gasteiger partial charge < -0.3 is 10.6 Å². The quantitative estimate of drug-likeness (QED) is 0.734. The summed E-state index contributed by atoms with van der Waals surface area (Å²) in [6, 6.07) is 8.76. The molecule has 1 amide bonds. The number of amides is 1. The average molecular weight is 232 g/mol. The number of rotatable bonds is 6. The van der Waals surface area contributed by atoms with Crippen molar-refractivity contribution in [1.82, 2.24) is 10.6 Å². The summed E-state index contributed by atoms with van der Waals surface area (Å²) in [5, 5.41) is 5.91. The summed E-state index contributed by atoms with van der Waals surface area (Å²) < 4.78 is 0. The van der Waals surface area contributed by atoms with Crippen molar-refractivity contribution < 1.29 is 4.79 Å². The molecule has 0 spiro atoms. The van der Waals surface area contributed by atoms with E-state index >= 15 is 0 Å². The van der Waals surface area contributed by atoms with Crippen LogP contribution in [0.4, 0.5) is 0 Å². The van der Waals surface area contributed by atoms with E-state index in [1.807, 2.05) is 0 Å². The first-order valence-electron chi connectivity index (χ1n) is 6.29. The molecular weight excluding hydrogens is 212 g/mol. The number of carbonyl (C=O) groups excluding carboxylic acids is 1. The molecule has 0 heterocycles. The fourth-order valence-corrected chi connectivity index (χ4v) is 1.93. The minimum absolute atomic E-state index is 0.0873. The van der Waals surface area contributed by atoms with E-state index < -0.39 is 0 Å². The summed E-state index contributed by atoms with van der Waals surface area (Å²) >= 11 is 0. The van der Waals surface area contributed by atoms with Crippen LogP contribution in [-0.4, -0.2) is 19.5 Å². The fraction of sp³-hybridized carbons (Fsp3) is 0.500. The van der Waals surface area contributed by atoms with Gasteiger partial charge in [-0.1, -0.05) is 24.3 Å². The van der Waals surface area contributed by atoms with Crippen LogP contribution in [-0.2, 0) is 11.3 Å². The third-order valence-corrected chi connectivity index (χ3v) is 3.14. The topological polar surface area (TPSA) is 41.1 Å². The van der Waals surface area contributed by atoms with Crippen molar-refractivity contribution >= 4 is 5.91 Å². The van der Waals surface area contributed by atoms with Gasteiger partial charge in [-0.05, 0) is 29.9 Å². The fourth-order valence-electron chi connectivity index (χ4n) is 1.93. The summed E-state index contributed by atoms with van der Waals surface area (Å²) in [4.78, 5) is 11.0. The monoisotopic (exact) mass is 232 g/mol. The average Bonchev–Trinajstić information content (AvgIpc) is 3.19. The molecule has 3 heteroatoms. The number of benzene rings is 1. The van der Waals surface area contributed by atoms with E-state index in [2.05, 4.69) is 34.9 Å². The lowest BCUT2D eigenvalue weighted by Crippen LogP contribution is -2.24. The highest BCUT2D eigenvalue weighted by atomic mass is 16.1. The second kappa shape index (κ2) is 5.82. The Bertz CT molecular complexity index is 386. The second-order valence-electron chi connectivity index (χ2n) is 4.62. The highest BCUT2D eigenvalue weighted by Gasteiger charge is 2.23. The van der Waals surface area contributed by atoms with Gasteiger partial charge in [0, 0.05) is 26.6 Å². The van der Waals surface area contributed by atoms with Crippen LogP contribution in [0.15, 0.2) is 24.3 Å². The van der Waals surface area contributed by atoms with Crippen molar-refractivity contribution in [2.45, 2.75) is 31.7 Å². The van der Waals surface area contributed by atoms with Gasteiger partial charge in [0.15, 0.2) is 0 Å². The van der Waals surface area contributed by atoms with Crippen molar-refractivity contribution in [1.29, 1.82) is 0 Å². The Morgan fingerprint density at radius 1 is 1.41 bits per heavy atom. The molecule has 3 nitrogen and oxygen atoms in total. The highest BCUT2D eigenvalue weighted by Crippen LogP contribution is 2.40. The number of nitrogens with one attached hydrogen (secondary N) is 2. The van der Waals surface area contributed by atoms with Gasteiger partial charge in [-0.25, -0.2) is 0 Å². The second-order valence-corrected chi connectivity index (χ2v) is 4.62. The van der Waals surface area contributed by atoms with Crippen LogP contribution >= 0.6 is 0 Å². The lowest BCUT2D eigenvalue weighted by molar-refractivity contribution is -0.120. The predicted octanol–water partition coefficient (Wildman–Crippen LogP) is 1.79. The molecular formula is C14H20N2O. The van der Waals surface area contributed by atoms with Crippen LogP contribution in [0.3, 0.4) is 0 Å². The van der Waals surface area contributed by atoms with Gasteiger partial charge in [0.25, 0.3) is 0 Å². The molecule has 1 aromatic rings. The zero-order valence-corrected chi connectivity index (χ0v) is 10.3. The summed E-state index contributed by atoms with van der Waals surface area (Å²) in [7, 11) is 1.67. The highest BCUT2D eigenvalue weighted by molar-refractivity contribution is 5.75. The van der Waals surface area contributed by atoms with Gasteiger partial charge in [0.05, 0.1) is 0 Å². The molecule has 1 saturated carbocycles. The summed E-state index contributed by atoms with van der Waals surface area (Å²) in [5.74, 6) is 0.894. The molecule has 0 bridgehead atoms. The SMILES string of the molecule is CNC(=O)CCNCc1cccc(C2CC2)c1. The lowest BCUT2D eigenvalue weighted by Gasteiger charge is -2.06. The molecule has 0 atom stereocenters. The van der Waals surface area contributed by atoms with Crippen LogP contribution in [0, 0.1) is 0 Å². The summed E-state index contributed by atoms with van der Waals surface area (Å²) in [6.07, 6.45) is 3.22. The maximum atomic E-state index is 11.0. The van der Waals surface area contributed by atoms with Crippen LogP contribution in [0.1, 0.15) is 36.3 Å². The van der Waals surface area contributed by atoms with Crippen molar-refractivity contribution in [3.05, 3.63) is 35.4 Å². The van der Waals surface area contributed by atoms with Gasteiger partial charge in [-0.3, -0.25) is 4.79 Å². The molecule has 1 aromatic carbocycles. The van der Waals surface area contributed by atoms with E-state index in [4.69, 9.17) is 0 Å². The molecule has 0 saturated heterocycles. The van der Waals surface area contributed by atoms with Gasteiger partial charge in [0.1, 0.15) is 0 Å². The summed E-state index contributed by atoms with van der Waals surface area (Å²) in [6.45, 7) is 1.57. The van der Waals surface area contributed by atoms with Gasteiger partial charge in [0.2, 0.25) is 5.91 Å². The molecule has 17 heavy (non-hydrogen) atoms. The molecule has 0 radical (unpaired) electrons. The molecule has 2 N–H and O–H groups in total. The Kier molecular flexibility index (Phi) is 4.15. The van der Waals surface area contributed by atoms with Crippen LogP contribution in [0.2, 0.25) is 0 Å². The molecule has 0 unspecified atom stereocenters. The predicted molar refractivity (Wildman–Crippen MR) is 68.8 cm³/mol. The lowest BCUT2D eigenvalue weighted by atomic mass is 10.1. The Labute approximate surface area is 103 Å². The molecule has 0 aliphatic heterocycles. The molecule has 2 rings (SSSR count). The number of hydrogen-bond acceptors (Lipinski definition) is 2. The van der Waals surface area contributed by atoms with E-state index in [1.54, 1.807) is 7.05 Å². The van der Waals surface area contributed by atoms with E-state index in [1.165, 1.54) is 24.0 Å². The smallest absolute Gasteiger partial charge is 0.221 e. The maximum Gasteiger partial charge on any atom is 0.221 e. The molecule has 0 aromatic heterocycles.